The number of carbonyl (C=O) groups is 1. The number of aliphatic hydroxyl groups excluding tert-OH is 2. The van der Waals surface area contributed by atoms with Crippen molar-refractivity contribution in [3.63, 3.8) is 0 Å². The molecule has 0 aliphatic carbocycles. The van der Waals surface area contributed by atoms with Crippen LogP contribution in [0.3, 0.4) is 0 Å². The molecule has 1 fully saturated rings. The number of ether oxygens (including phenoxy) is 1. The van der Waals surface area contributed by atoms with Crippen LogP contribution in [0.4, 0.5) is 5.82 Å². The van der Waals surface area contributed by atoms with Gasteiger partial charge < -0.3 is 40.3 Å². The predicted molar refractivity (Wildman–Crippen MR) is 125 cm³/mol. The summed E-state index contributed by atoms with van der Waals surface area (Å²) in [7, 11) is -10.5. The molecule has 1 unspecified atom stereocenters. The maximum atomic E-state index is 11.6. The van der Waals surface area contributed by atoms with E-state index in [0.29, 0.717) is 35.3 Å². The molecule has 0 radical (unpaired) electrons. The zero-order valence-corrected chi connectivity index (χ0v) is 21.7. The molecule has 0 saturated carbocycles. The van der Waals surface area contributed by atoms with Crippen molar-refractivity contribution in [1.29, 1.82) is 0 Å². The highest BCUT2D eigenvalue weighted by atomic mass is 127. The third-order valence-electron chi connectivity index (χ3n) is 4.67. The number of aromatic nitrogens is 4. The summed E-state index contributed by atoms with van der Waals surface area (Å²) < 4.78 is 37.8. The van der Waals surface area contributed by atoms with Crippen molar-refractivity contribution in [2.75, 3.05) is 29.4 Å². The molecule has 2 aromatic heterocycles. The van der Waals surface area contributed by atoms with Crippen LogP contribution in [0.25, 0.3) is 11.2 Å². The number of aliphatic hydroxyl groups is 2. The summed E-state index contributed by atoms with van der Waals surface area (Å²) in [6.45, 7) is 0.116. The number of rotatable bonds is 12. The third kappa shape index (κ3) is 7.59. The number of nitrogens with one attached hydrogen (secondary N) is 2. The minimum absolute atomic E-state index is 0.0640. The summed E-state index contributed by atoms with van der Waals surface area (Å²) in [6, 6.07) is 0. The molecule has 5 atom stereocenters. The molecule has 1 aliphatic rings. The van der Waals surface area contributed by atoms with Gasteiger partial charge in [-0.2, -0.15) is 4.31 Å². The average Bonchev–Trinajstić information content (AvgIpc) is 3.32. The number of phosphoric ester groups is 1. The van der Waals surface area contributed by atoms with Crippen LogP contribution in [0.5, 0.6) is 0 Å². The smallest absolute Gasteiger partial charge is 0.387 e. The highest BCUT2D eigenvalue weighted by Gasteiger charge is 2.46. The summed E-state index contributed by atoms with van der Waals surface area (Å²) in [6.07, 6.45) is -2.54. The molecule has 3 rings (SSSR count). The Morgan fingerprint density at radius 2 is 1.91 bits per heavy atom. The van der Waals surface area contributed by atoms with Gasteiger partial charge in [-0.25, -0.2) is 24.1 Å². The molecule has 3 heterocycles. The Kier molecular flexibility index (Phi) is 9.55. The number of halogens is 1. The Bertz CT molecular complexity index is 1130. The number of fused-ring (bicyclic) bond motifs is 1. The molecule has 7 N–H and O–H groups in total. The van der Waals surface area contributed by atoms with Crippen molar-refractivity contribution >= 4 is 61.1 Å². The average molecular weight is 652 g/mol. The monoisotopic (exact) mass is 652 g/mol. The van der Waals surface area contributed by atoms with Crippen molar-refractivity contribution in [3.8, 4) is 0 Å². The minimum Gasteiger partial charge on any atom is -0.387 e. The van der Waals surface area contributed by atoms with E-state index in [1.165, 1.54) is 17.2 Å². The predicted octanol–water partition coefficient (Wildman–Crippen LogP) is -0.975. The highest BCUT2D eigenvalue weighted by Crippen LogP contribution is 2.57. The van der Waals surface area contributed by atoms with Crippen molar-refractivity contribution in [1.82, 2.24) is 24.8 Å². The molecule has 196 valence electrons. The van der Waals surface area contributed by atoms with Crippen LogP contribution >= 0.6 is 38.2 Å². The van der Waals surface area contributed by atoms with E-state index in [2.05, 4.69) is 34.4 Å². The van der Waals surface area contributed by atoms with Gasteiger partial charge in [-0.05, 0) is 6.42 Å². The quantitative estimate of drug-likeness (QED) is 0.0631. The molecule has 0 bridgehead atoms. The molecule has 0 aromatic carbocycles. The largest absolute Gasteiger partial charge is 0.481 e. The van der Waals surface area contributed by atoms with Crippen molar-refractivity contribution in [2.24, 2.45) is 0 Å². The van der Waals surface area contributed by atoms with Crippen molar-refractivity contribution < 1.29 is 52.4 Å². The molecule has 17 nitrogen and oxygen atoms in total. The topological polar surface area (TPSA) is 248 Å². The molecule has 1 amide bonds. The van der Waals surface area contributed by atoms with E-state index in [-0.39, 0.29) is 11.6 Å². The molecular formula is C15H23IN6O11P2. The van der Waals surface area contributed by atoms with Gasteiger partial charge in [-0.1, -0.05) is 22.6 Å². The van der Waals surface area contributed by atoms with E-state index in [9.17, 15) is 29.0 Å². The Balaban J connectivity index is 1.65. The number of amides is 1. The number of anilines is 1. The van der Waals surface area contributed by atoms with Crippen LogP contribution in [0.15, 0.2) is 12.7 Å². The number of alkyl halides is 1. The van der Waals surface area contributed by atoms with Gasteiger partial charge in [0.2, 0.25) is 5.91 Å². The summed E-state index contributed by atoms with van der Waals surface area (Å²) in [4.78, 5) is 50.5. The lowest BCUT2D eigenvalue weighted by molar-refractivity contribution is -0.118. The van der Waals surface area contributed by atoms with Crippen LogP contribution in [-0.4, -0.2) is 92.8 Å². The molecule has 1 aliphatic heterocycles. The molecule has 1 saturated heterocycles. The van der Waals surface area contributed by atoms with Crippen LogP contribution in [0.2, 0.25) is 0 Å². The second kappa shape index (κ2) is 11.8. The minimum atomic E-state index is -5.32. The Morgan fingerprint density at radius 3 is 2.60 bits per heavy atom. The van der Waals surface area contributed by atoms with E-state index in [1.807, 2.05) is 22.6 Å². The summed E-state index contributed by atoms with van der Waals surface area (Å²) >= 11 is 1.96. The number of phosphoric acid groups is 2. The van der Waals surface area contributed by atoms with E-state index in [4.69, 9.17) is 14.5 Å². The van der Waals surface area contributed by atoms with E-state index >= 15 is 0 Å². The highest BCUT2D eigenvalue weighted by molar-refractivity contribution is 14.1. The lowest BCUT2D eigenvalue weighted by Crippen LogP contribution is -2.33. The van der Waals surface area contributed by atoms with Gasteiger partial charge in [0.05, 0.1) is 17.4 Å². The lowest BCUT2D eigenvalue weighted by atomic mass is 10.1. The van der Waals surface area contributed by atoms with E-state index in [1.54, 1.807) is 0 Å². The zero-order valence-electron chi connectivity index (χ0n) is 17.7. The third-order valence-corrected chi connectivity index (χ3v) is 7.52. The Hall–Kier alpha value is -1.31. The van der Waals surface area contributed by atoms with Gasteiger partial charge in [0.25, 0.3) is 0 Å². The van der Waals surface area contributed by atoms with E-state index < -0.39 is 46.8 Å². The number of hydrogen-bond donors (Lipinski definition) is 7. The zero-order chi connectivity index (χ0) is 25.8. The standard InChI is InChI=1S/C15H23IN6O11P2/c16-4-9(23)17-2-1-3-18-13-10-14(20-6-19-13)22(7-21-10)15-12(25)11(24)8(32-15)5-31-35(29,30)33-34(26,27)28/h6-8,11-12,15,24-25H,1-5H2,(H,17,23)(H,29,30)(H,18,19,20)(H2,26,27,28)/t8-,11-,12-,15-/m1/s1. The Labute approximate surface area is 211 Å². The fourth-order valence-electron chi connectivity index (χ4n) is 3.16. The number of hydrogen-bond acceptors (Lipinski definition) is 12. The first-order chi connectivity index (χ1) is 16.4. The van der Waals surface area contributed by atoms with Crippen LogP contribution < -0.4 is 10.6 Å². The molecule has 20 heteroatoms. The maximum Gasteiger partial charge on any atom is 0.481 e. The maximum absolute atomic E-state index is 11.6. The fraction of sp³-hybridized carbons (Fsp3) is 0.600. The molecule has 2 aromatic rings. The van der Waals surface area contributed by atoms with Gasteiger partial charge in [-0.3, -0.25) is 13.9 Å². The van der Waals surface area contributed by atoms with Crippen LogP contribution in [0.1, 0.15) is 12.6 Å². The van der Waals surface area contributed by atoms with E-state index in [0.717, 1.165) is 0 Å². The molecule has 35 heavy (non-hydrogen) atoms. The first-order valence-electron chi connectivity index (χ1n) is 9.92. The van der Waals surface area contributed by atoms with Gasteiger partial charge >= 0.3 is 15.6 Å². The number of nitrogens with zero attached hydrogens (tertiary/aromatic N) is 4. The lowest BCUT2D eigenvalue weighted by Gasteiger charge is -2.17. The second-order valence-corrected chi connectivity index (χ2v) is 10.8. The van der Waals surface area contributed by atoms with Gasteiger partial charge in [0.15, 0.2) is 23.2 Å². The molecule has 0 spiro atoms. The Morgan fingerprint density at radius 1 is 1.17 bits per heavy atom. The summed E-state index contributed by atoms with van der Waals surface area (Å²) in [5, 5.41) is 26.5. The first kappa shape index (κ1) is 28.3. The van der Waals surface area contributed by atoms with Crippen LogP contribution in [0, 0.1) is 0 Å². The van der Waals surface area contributed by atoms with Crippen molar-refractivity contribution in [3.05, 3.63) is 12.7 Å². The fourth-order valence-corrected chi connectivity index (χ4v) is 5.03. The SMILES string of the molecule is O=C(CI)NCCCNc1ncnc2c1ncn2[C@@H]1O[C@H](COP(=O)(O)OP(=O)(O)O)[C@@H](O)[C@H]1O. The summed E-state index contributed by atoms with van der Waals surface area (Å²) in [5.74, 6) is 0.323. The van der Waals surface area contributed by atoms with Crippen LogP contribution in [-0.2, 0) is 27.5 Å². The van der Waals surface area contributed by atoms with Gasteiger partial charge in [0, 0.05) is 13.1 Å². The summed E-state index contributed by atoms with van der Waals surface area (Å²) in [5.41, 5.74) is 0.583. The number of imidazole rings is 1. The normalized spacial score (nSPS) is 24.4. The van der Waals surface area contributed by atoms with Crippen molar-refractivity contribution in [2.45, 2.75) is 31.0 Å². The van der Waals surface area contributed by atoms with Gasteiger partial charge in [-0.15, -0.1) is 0 Å². The van der Waals surface area contributed by atoms with Gasteiger partial charge in [0.1, 0.15) is 24.6 Å². The molecular weight excluding hydrogens is 629 g/mol. The second-order valence-electron chi connectivity index (χ2n) is 7.19. The number of carbonyl (C=O) groups excluding carboxylic acids is 1. The first-order valence-corrected chi connectivity index (χ1v) is 14.5.